The molecule has 1 saturated carbocycles. The average Bonchev–Trinajstić information content (AvgIpc) is 3.11. The predicted molar refractivity (Wildman–Crippen MR) is 66.9 cm³/mol. The van der Waals surface area contributed by atoms with Gasteiger partial charge in [0.25, 0.3) is 5.91 Å². The van der Waals surface area contributed by atoms with Crippen molar-refractivity contribution >= 4 is 11.9 Å². The van der Waals surface area contributed by atoms with Crippen LogP contribution in [0.25, 0.3) is 0 Å². The predicted octanol–water partition coefficient (Wildman–Crippen LogP) is 1.93. The van der Waals surface area contributed by atoms with Gasteiger partial charge in [0.2, 0.25) is 0 Å². The number of carbonyl (C=O) groups excluding carboxylic acids is 1. The normalized spacial score (nSPS) is 16.1. The Morgan fingerprint density at radius 3 is 2.89 bits per heavy atom. The Labute approximate surface area is 111 Å². The van der Waals surface area contributed by atoms with Crippen LogP contribution in [-0.4, -0.2) is 28.2 Å². The molecule has 0 spiro atoms. The lowest BCUT2D eigenvalue weighted by atomic mass is 10.1. The van der Waals surface area contributed by atoms with Crippen molar-refractivity contribution in [2.45, 2.75) is 51.0 Å². The first-order valence-electron chi connectivity index (χ1n) is 6.62. The van der Waals surface area contributed by atoms with Crippen molar-refractivity contribution in [2.75, 3.05) is 0 Å². The topological polar surface area (TPSA) is 92.4 Å². The number of carboxylic acids is 1. The van der Waals surface area contributed by atoms with Gasteiger partial charge in [-0.05, 0) is 19.3 Å². The third-order valence-electron chi connectivity index (χ3n) is 3.19. The van der Waals surface area contributed by atoms with E-state index in [1.807, 2.05) is 6.92 Å². The lowest BCUT2D eigenvalue weighted by Crippen LogP contribution is -2.40. The minimum Gasteiger partial charge on any atom is -0.480 e. The summed E-state index contributed by atoms with van der Waals surface area (Å²) in [5.74, 6) is -0.415. The van der Waals surface area contributed by atoms with E-state index in [-0.39, 0.29) is 5.69 Å². The summed E-state index contributed by atoms with van der Waals surface area (Å²) in [7, 11) is 0. The summed E-state index contributed by atoms with van der Waals surface area (Å²) in [6, 6.07) is 0.736. The van der Waals surface area contributed by atoms with Gasteiger partial charge < -0.3 is 14.9 Å². The molecule has 1 unspecified atom stereocenters. The Bertz CT molecular complexity index is 465. The highest BCUT2D eigenvalue weighted by molar-refractivity contribution is 5.94. The number of aliphatic carboxylic acids is 1. The largest absolute Gasteiger partial charge is 0.480 e. The van der Waals surface area contributed by atoms with E-state index < -0.39 is 17.9 Å². The number of rotatable bonds is 7. The zero-order valence-corrected chi connectivity index (χ0v) is 10.9. The molecule has 0 radical (unpaired) electrons. The van der Waals surface area contributed by atoms with Crippen LogP contribution in [0.15, 0.2) is 10.6 Å². The molecule has 0 saturated heterocycles. The molecule has 1 amide bonds. The van der Waals surface area contributed by atoms with E-state index in [0.29, 0.717) is 18.1 Å². The lowest BCUT2D eigenvalue weighted by Gasteiger charge is -2.12. The standard InChI is InChI=1S/C13H18N2O4/c1-2-3-4-9(13(17)18)14-12(16)10-7-11(19-15-10)8-5-6-8/h7-9H,2-6H2,1H3,(H,14,16)(H,17,18). The Balaban J connectivity index is 1.94. The molecule has 1 aliphatic carbocycles. The van der Waals surface area contributed by atoms with Crippen molar-refractivity contribution < 1.29 is 19.2 Å². The first-order chi connectivity index (χ1) is 9.11. The van der Waals surface area contributed by atoms with Crippen molar-refractivity contribution in [3.05, 3.63) is 17.5 Å². The maximum Gasteiger partial charge on any atom is 0.326 e. The minimum atomic E-state index is -1.02. The maximum atomic E-state index is 11.9. The molecule has 104 valence electrons. The summed E-state index contributed by atoms with van der Waals surface area (Å²) >= 11 is 0. The van der Waals surface area contributed by atoms with E-state index in [9.17, 15) is 9.59 Å². The van der Waals surface area contributed by atoms with Gasteiger partial charge in [-0.2, -0.15) is 0 Å². The van der Waals surface area contributed by atoms with Crippen LogP contribution in [-0.2, 0) is 4.79 Å². The van der Waals surface area contributed by atoms with Crippen molar-refractivity contribution in [1.29, 1.82) is 0 Å². The van der Waals surface area contributed by atoms with Crippen molar-refractivity contribution in [1.82, 2.24) is 10.5 Å². The molecule has 0 aliphatic heterocycles. The molecule has 1 aliphatic rings. The maximum absolute atomic E-state index is 11.9. The Morgan fingerprint density at radius 1 is 1.58 bits per heavy atom. The molecular weight excluding hydrogens is 248 g/mol. The zero-order valence-electron chi connectivity index (χ0n) is 10.9. The average molecular weight is 266 g/mol. The summed E-state index contributed by atoms with van der Waals surface area (Å²) in [5, 5.41) is 15.2. The number of hydrogen-bond donors (Lipinski definition) is 2. The fourth-order valence-corrected chi connectivity index (χ4v) is 1.85. The lowest BCUT2D eigenvalue weighted by molar-refractivity contribution is -0.139. The van der Waals surface area contributed by atoms with Gasteiger partial charge in [-0.3, -0.25) is 4.79 Å². The molecule has 2 N–H and O–H groups in total. The number of amides is 1. The molecule has 19 heavy (non-hydrogen) atoms. The fourth-order valence-electron chi connectivity index (χ4n) is 1.85. The second-order valence-electron chi connectivity index (χ2n) is 4.90. The van der Waals surface area contributed by atoms with E-state index in [1.54, 1.807) is 6.07 Å². The first-order valence-corrected chi connectivity index (χ1v) is 6.62. The highest BCUT2D eigenvalue weighted by Crippen LogP contribution is 2.40. The van der Waals surface area contributed by atoms with E-state index >= 15 is 0 Å². The highest BCUT2D eigenvalue weighted by atomic mass is 16.5. The SMILES string of the molecule is CCCCC(NC(=O)c1cc(C2CC2)on1)C(=O)O. The number of nitrogens with zero attached hydrogens (tertiary/aromatic N) is 1. The number of carbonyl (C=O) groups is 2. The summed E-state index contributed by atoms with van der Waals surface area (Å²) in [6.45, 7) is 1.97. The van der Waals surface area contributed by atoms with Crippen LogP contribution in [0.1, 0.15) is 61.2 Å². The molecule has 1 heterocycles. The van der Waals surface area contributed by atoms with Crippen LogP contribution in [0.4, 0.5) is 0 Å². The Hall–Kier alpha value is -1.85. The summed E-state index contributed by atoms with van der Waals surface area (Å²) in [4.78, 5) is 22.9. The second-order valence-corrected chi connectivity index (χ2v) is 4.90. The molecular formula is C13H18N2O4. The number of carboxylic acid groups (broad SMARTS) is 1. The number of hydrogen-bond acceptors (Lipinski definition) is 4. The first kappa shape index (κ1) is 13.6. The van der Waals surface area contributed by atoms with Crippen LogP contribution in [0.5, 0.6) is 0 Å². The molecule has 1 fully saturated rings. The van der Waals surface area contributed by atoms with Crippen molar-refractivity contribution in [3.63, 3.8) is 0 Å². The zero-order chi connectivity index (χ0) is 13.8. The monoisotopic (exact) mass is 266 g/mol. The van der Waals surface area contributed by atoms with Crippen molar-refractivity contribution in [3.8, 4) is 0 Å². The fraction of sp³-hybridized carbons (Fsp3) is 0.615. The smallest absolute Gasteiger partial charge is 0.326 e. The van der Waals surface area contributed by atoms with Gasteiger partial charge >= 0.3 is 5.97 Å². The van der Waals surface area contributed by atoms with Crippen LogP contribution in [0.3, 0.4) is 0 Å². The van der Waals surface area contributed by atoms with E-state index in [0.717, 1.165) is 25.7 Å². The van der Waals surface area contributed by atoms with Gasteiger partial charge in [0.1, 0.15) is 11.8 Å². The van der Waals surface area contributed by atoms with Crippen molar-refractivity contribution in [2.24, 2.45) is 0 Å². The molecule has 2 rings (SSSR count). The minimum absolute atomic E-state index is 0.157. The molecule has 6 heteroatoms. The number of unbranched alkanes of at least 4 members (excludes halogenated alkanes) is 1. The summed E-state index contributed by atoms with van der Waals surface area (Å²) < 4.78 is 5.07. The van der Waals surface area contributed by atoms with Gasteiger partial charge in [0.05, 0.1) is 0 Å². The van der Waals surface area contributed by atoms with Crippen LogP contribution < -0.4 is 5.32 Å². The van der Waals surface area contributed by atoms with Crippen LogP contribution >= 0.6 is 0 Å². The second kappa shape index (κ2) is 5.86. The third-order valence-corrected chi connectivity index (χ3v) is 3.19. The summed E-state index contributed by atoms with van der Waals surface area (Å²) in [6.07, 6.45) is 4.18. The Kier molecular flexibility index (Phi) is 4.19. The van der Waals surface area contributed by atoms with Gasteiger partial charge in [-0.1, -0.05) is 24.9 Å². The number of aromatic nitrogens is 1. The van der Waals surface area contributed by atoms with Crippen LogP contribution in [0.2, 0.25) is 0 Å². The Morgan fingerprint density at radius 2 is 2.32 bits per heavy atom. The van der Waals surface area contributed by atoms with Gasteiger partial charge in [-0.15, -0.1) is 0 Å². The molecule has 6 nitrogen and oxygen atoms in total. The number of nitrogens with one attached hydrogen (secondary N) is 1. The van der Waals surface area contributed by atoms with E-state index in [1.165, 1.54) is 0 Å². The van der Waals surface area contributed by atoms with Gasteiger partial charge in [-0.25, -0.2) is 4.79 Å². The molecule has 0 aromatic carbocycles. The molecule has 1 aromatic heterocycles. The molecule has 1 aromatic rings. The molecule has 1 atom stereocenters. The van der Waals surface area contributed by atoms with Gasteiger partial charge in [0, 0.05) is 12.0 Å². The molecule has 0 bridgehead atoms. The van der Waals surface area contributed by atoms with Gasteiger partial charge in [0.15, 0.2) is 5.69 Å². The highest BCUT2D eigenvalue weighted by Gasteiger charge is 2.29. The van der Waals surface area contributed by atoms with E-state index in [2.05, 4.69) is 10.5 Å². The quantitative estimate of drug-likeness (QED) is 0.786. The third kappa shape index (κ3) is 3.56. The van der Waals surface area contributed by atoms with Crippen LogP contribution in [0, 0.1) is 0 Å². The van der Waals surface area contributed by atoms with E-state index in [4.69, 9.17) is 9.63 Å². The summed E-state index contributed by atoms with van der Waals surface area (Å²) in [5.41, 5.74) is 0.157.